The second-order valence-corrected chi connectivity index (χ2v) is 6.06. The Morgan fingerprint density at radius 1 is 1.14 bits per heavy atom. The van der Waals surface area contributed by atoms with Crippen LogP contribution in [0.3, 0.4) is 0 Å². The van der Waals surface area contributed by atoms with Gasteiger partial charge in [-0.2, -0.15) is 0 Å². The molecule has 1 heterocycles. The second-order valence-electron chi connectivity index (χ2n) is 4.17. The van der Waals surface area contributed by atoms with Gasteiger partial charge in [-0.15, -0.1) is 11.3 Å². The summed E-state index contributed by atoms with van der Waals surface area (Å²) in [5.41, 5.74) is 1.06. The van der Waals surface area contributed by atoms with Crippen LogP contribution in [-0.2, 0) is 11.3 Å². The number of amides is 1. The summed E-state index contributed by atoms with van der Waals surface area (Å²) in [6.07, 6.45) is 1.86. The fraction of sp³-hybridized carbons (Fsp3) is 0.200. The van der Waals surface area contributed by atoms with Crippen LogP contribution in [0.25, 0.3) is 0 Å². The number of esters is 1. The molecule has 1 aromatic heterocycles. The van der Waals surface area contributed by atoms with E-state index in [4.69, 9.17) is 0 Å². The molecule has 2 aromatic rings. The van der Waals surface area contributed by atoms with Gasteiger partial charge in [-0.1, -0.05) is 42.3 Å². The van der Waals surface area contributed by atoms with Gasteiger partial charge in [-0.05, 0) is 17.7 Å². The SMILES string of the molecule is COC(=O)c1ccc(C(=O)N(Cc2ccccc2)SC)s1. The molecule has 0 saturated carbocycles. The molecule has 0 bridgehead atoms. The van der Waals surface area contributed by atoms with E-state index in [9.17, 15) is 9.59 Å². The molecule has 0 saturated heterocycles. The van der Waals surface area contributed by atoms with Crippen LogP contribution in [0.2, 0.25) is 0 Å². The maximum atomic E-state index is 12.5. The lowest BCUT2D eigenvalue weighted by atomic mass is 10.2. The number of hydrogen-bond acceptors (Lipinski definition) is 5. The monoisotopic (exact) mass is 321 g/mol. The van der Waals surface area contributed by atoms with E-state index in [2.05, 4.69) is 4.74 Å². The first-order valence-electron chi connectivity index (χ1n) is 6.23. The first kappa shape index (κ1) is 15.6. The minimum Gasteiger partial charge on any atom is -0.465 e. The van der Waals surface area contributed by atoms with E-state index >= 15 is 0 Å². The number of rotatable bonds is 5. The fourth-order valence-electron chi connectivity index (χ4n) is 1.75. The van der Waals surface area contributed by atoms with Gasteiger partial charge in [0.25, 0.3) is 5.91 Å². The molecule has 6 heteroatoms. The average molecular weight is 321 g/mol. The van der Waals surface area contributed by atoms with Gasteiger partial charge in [0.1, 0.15) is 4.88 Å². The highest BCUT2D eigenvalue weighted by Crippen LogP contribution is 2.23. The molecule has 0 aliphatic heterocycles. The molecule has 0 radical (unpaired) electrons. The number of carbonyl (C=O) groups is 2. The van der Waals surface area contributed by atoms with Crippen LogP contribution in [0.15, 0.2) is 42.5 Å². The van der Waals surface area contributed by atoms with E-state index in [0.717, 1.165) is 16.9 Å². The summed E-state index contributed by atoms with van der Waals surface area (Å²) in [4.78, 5) is 24.9. The Hall–Kier alpha value is -1.79. The number of benzene rings is 1. The predicted octanol–water partition coefficient (Wildman–Crippen LogP) is 3.46. The van der Waals surface area contributed by atoms with E-state index in [1.807, 2.05) is 36.6 Å². The topological polar surface area (TPSA) is 46.6 Å². The van der Waals surface area contributed by atoms with Crippen LogP contribution in [-0.4, -0.2) is 29.5 Å². The van der Waals surface area contributed by atoms with Crippen LogP contribution < -0.4 is 0 Å². The molecule has 4 nitrogen and oxygen atoms in total. The van der Waals surface area contributed by atoms with Crippen molar-refractivity contribution in [3.63, 3.8) is 0 Å². The van der Waals surface area contributed by atoms with E-state index in [1.54, 1.807) is 16.4 Å². The Labute approximate surface area is 131 Å². The molecule has 110 valence electrons. The van der Waals surface area contributed by atoms with Gasteiger partial charge in [0.2, 0.25) is 0 Å². The number of ether oxygens (including phenoxy) is 1. The Bertz CT molecular complexity index is 625. The highest BCUT2D eigenvalue weighted by Gasteiger charge is 2.19. The zero-order chi connectivity index (χ0) is 15.2. The van der Waals surface area contributed by atoms with Crippen LogP contribution >= 0.6 is 23.3 Å². The number of thiophene rings is 1. The van der Waals surface area contributed by atoms with Gasteiger partial charge >= 0.3 is 5.97 Å². The van der Waals surface area contributed by atoms with E-state index in [0.29, 0.717) is 16.3 Å². The lowest BCUT2D eigenvalue weighted by Gasteiger charge is -2.18. The molecule has 0 N–H and O–H groups in total. The lowest BCUT2D eigenvalue weighted by molar-refractivity contribution is 0.0606. The Morgan fingerprint density at radius 2 is 1.81 bits per heavy atom. The van der Waals surface area contributed by atoms with Gasteiger partial charge in [-0.3, -0.25) is 9.10 Å². The zero-order valence-corrected chi connectivity index (χ0v) is 13.4. The Morgan fingerprint density at radius 3 is 2.43 bits per heavy atom. The van der Waals surface area contributed by atoms with Crippen LogP contribution in [0.5, 0.6) is 0 Å². The number of hydrogen-bond donors (Lipinski definition) is 0. The van der Waals surface area contributed by atoms with Crippen LogP contribution in [0.1, 0.15) is 24.9 Å². The van der Waals surface area contributed by atoms with Crippen LogP contribution in [0.4, 0.5) is 0 Å². The molecule has 1 amide bonds. The smallest absolute Gasteiger partial charge is 0.348 e. The van der Waals surface area contributed by atoms with Crippen molar-refractivity contribution in [2.45, 2.75) is 6.54 Å². The van der Waals surface area contributed by atoms with Gasteiger partial charge < -0.3 is 4.74 Å². The summed E-state index contributed by atoms with van der Waals surface area (Å²) < 4.78 is 6.32. The molecule has 0 aliphatic carbocycles. The first-order valence-corrected chi connectivity index (χ1v) is 8.23. The van der Waals surface area contributed by atoms with E-state index in [-0.39, 0.29) is 5.91 Å². The van der Waals surface area contributed by atoms with Crippen molar-refractivity contribution >= 4 is 35.2 Å². The summed E-state index contributed by atoms with van der Waals surface area (Å²) in [6, 6.07) is 13.1. The highest BCUT2D eigenvalue weighted by atomic mass is 32.2. The first-order chi connectivity index (χ1) is 10.2. The number of carbonyl (C=O) groups excluding carboxylic acids is 2. The van der Waals surface area contributed by atoms with E-state index < -0.39 is 5.97 Å². The molecule has 2 rings (SSSR count). The lowest BCUT2D eigenvalue weighted by Crippen LogP contribution is -2.22. The highest BCUT2D eigenvalue weighted by molar-refractivity contribution is 7.96. The molecule has 0 aliphatic rings. The standard InChI is InChI=1S/C15H15NO3S2/c1-19-15(18)13-9-8-12(21-13)14(17)16(20-2)10-11-6-4-3-5-7-11/h3-9H,10H2,1-2H3. The second kappa shape index (κ2) is 7.28. The minimum absolute atomic E-state index is 0.105. The summed E-state index contributed by atoms with van der Waals surface area (Å²) in [6.45, 7) is 0.520. The zero-order valence-electron chi connectivity index (χ0n) is 11.7. The molecule has 1 aromatic carbocycles. The molecular weight excluding hydrogens is 306 g/mol. The van der Waals surface area contributed by atoms with Gasteiger partial charge in [0.05, 0.1) is 18.5 Å². The van der Waals surface area contributed by atoms with Gasteiger partial charge in [0.15, 0.2) is 0 Å². The largest absolute Gasteiger partial charge is 0.465 e. The molecular formula is C15H15NO3S2. The molecule has 21 heavy (non-hydrogen) atoms. The summed E-state index contributed by atoms with van der Waals surface area (Å²) >= 11 is 2.51. The van der Waals surface area contributed by atoms with Crippen molar-refractivity contribution in [1.82, 2.24) is 4.31 Å². The normalized spacial score (nSPS) is 10.2. The third kappa shape index (κ3) is 3.86. The Balaban J connectivity index is 2.13. The summed E-state index contributed by atoms with van der Waals surface area (Å²) in [7, 11) is 1.33. The average Bonchev–Trinajstić information content (AvgIpc) is 3.02. The minimum atomic E-state index is -0.419. The fourth-order valence-corrected chi connectivity index (χ4v) is 3.23. The molecule has 0 spiro atoms. The van der Waals surface area contributed by atoms with Crippen molar-refractivity contribution in [2.75, 3.05) is 13.4 Å². The van der Waals surface area contributed by atoms with Gasteiger partial charge in [-0.25, -0.2) is 4.79 Å². The maximum Gasteiger partial charge on any atom is 0.348 e. The van der Waals surface area contributed by atoms with Crippen molar-refractivity contribution in [2.24, 2.45) is 0 Å². The number of methoxy groups -OCH3 is 1. The van der Waals surface area contributed by atoms with Crippen molar-refractivity contribution in [3.05, 3.63) is 57.8 Å². The third-order valence-corrected chi connectivity index (χ3v) is 4.61. The molecule has 0 atom stereocenters. The summed E-state index contributed by atoms with van der Waals surface area (Å²) in [5.74, 6) is -0.524. The maximum absolute atomic E-state index is 12.5. The van der Waals surface area contributed by atoms with Crippen molar-refractivity contribution in [1.29, 1.82) is 0 Å². The Kier molecular flexibility index (Phi) is 5.41. The summed E-state index contributed by atoms with van der Waals surface area (Å²) in [5, 5.41) is 0. The van der Waals surface area contributed by atoms with E-state index in [1.165, 1.54) is 19.1 Å². The molecule has 0 fully saturated rings. The van der Waals surface area contributed by atoms with Crippen molar-refractivity contribution < 1.29 is 14.3 Å². The molecule has 0 unspecified atom stereocenters. The predicted molar refractivity (Wildman–Crippen MR) is 85.5 cm³/mol. The number of nitrogens with zero attached hydrogens (tertiary/aromatic N) is 1. The van der Waals surface area contributed by atoms with Crippen molar-refractivity contribution in [3.8, 4) is 0 Å². The van der Waals surface area contributed by atoms with Crippen LogP contribution in [0, 0.1) is 0 Å². The van der Waals surface area contributed by atoms with Gasteiger partial charge in [0, 0.05) is 6.26 Å². The quantitative estimate of drug-likeness (QED) is 0.625. The third-order valence-electron chi connectivity index (χ3n) is 2.82.